The van der Waals surface area contributed by atoms with Crippen molar-refractivity contribution >= 4 is 5.82 Å². The minimum absolute atomic E-state index is 0.653. The topological polar surface area (TPSA) is 28.2 Å². The zero-order chi connectivity index (χ0) is 15.4. The maximum Gasteiger partial charge on any atom is 0.134 e. The molecule has 1 N–H and O–H groups in total. The first-order valence-electron chi connectivity index (χ1n) is 8.08. The lowest BCUT2D eigenvalue weighted by atomic mass is 10.1. The third kappa shape index (κ3) is 4.31. The summed E-state index contributed by atoms with van der Waals surface area (Å²) < 4.78 is 0. The van der Waals surface area contributed by atoms with E-state index in [1.165, 1.54) is 24.0 Å². The summed E-state index contributed by atoms with van der Waals surface area (Å²) in [6.07, 6.45) is 4.55. The van der Waals surface area contributed by atoms with Crippen LogP contribution < -0.4 is 10.2 Å². The molecule has 0 aliphatic heterocycles. The minimum atomic E-state index is 0.653. The predicted octanol–water partition coefficient (Wildman–Crippen LogP) is 3.60. The lowest BCUT2D eigenvalue weighted by Crippen LogP contribution is -2.30. The number of nitrogens with zero attached hydrogens (tertiary/aromatic N) is 2. The summed E-state index contributed by atoms with van der Waals surface area (Å²) in [6, 6.07) is 2.84. The van der Waals surface area contributed by atoms with Gasteiger partial charge in [-0.25, -0.2) is 4.98 Å². The fourth-order valence-electron chi connectivity index (χ4n) is 2.72. The van der Waals surface area contributed by atoms with Gasteiger partial charge in [0.2, 0.25) is 0 Å². The van der Waals surface area contributed by atoms with Gasteiger partial charge in [-0.15, -0.1) is 6.58 Å². The minimum Gasteiger partial charge on any atom is -0.350 e. The molecule has 1 saturated carbocycles. The largest absolute Gasteiger partial charge is 0.350 e. The SMILES string of the molecule is C=CCN(c1nc(C)cc(C)c1CNCC(C)C)C1CC1. The summed E-state index contributed by atoms with van der Waals surface area (Å²) in [5.41, 5.74) is 3.78. The van der Waals surface area contributed by atoms with Gasteiger partial charge >= 0.3 is 0 Å². The van der Waals surface area contributed by atoms with E-state index in [1.54, 1.807) is 0 Å². The van der Waals surface area contributed by atoms with Crippen molar-refractivity contribution in [2.75, 3.05) is 18.0 Å². The van der Waals surface area contributed by atoms with Gasteiger partial charge in [-0.05, 0) is 50.8 Å². The molecule has 1 aliphatic carbocycles. The molecule has 21 heavy (non-hydrogen) atoms. The zero-order valence-corrected chi connectivity index (χ0v) is 13.9. The summed E-state index contributed by atoms with van der Waals surface area (Å²) in [6.45, 7) is 15.5. The van der Waals surface area contributed by atoms with Crippen molar-refractivity contribution in [3.05, 3.63) is 35.5 Å². The Morgan fingerprint density at radius 3 is 2.71 bits per heavy atom. The van der Waals surface area contributed by atoms with Crippen LogP contribution in [0.5, 0.6) is 0 Å². The second kappa shape index (κ2) is 7.08. The monoisotopic (exact) mass is 287 g/mol. The van der Waals surface area contributed by atoms with Crippen LogP contribution in [0.15, 0.2) is 18.7 Å². The highest BCUT2D eigenvalue weighted by molar-refractivity contribution is 5.53. The quantitative estimate of drug-likeness (QED) is 0.741. The molecule has 0 amide bonds. The molecule has 1 aliphatic rings. The molecule has 0 bridgehead atoms. The first-order chi connectivity index (χ1) is 10.0. The van der Waals surface area contributed by atoms with Gasteiger partial charge in [0.1, 0.15) is 5.82 Å². The van der Waals surface area contributed by atoms with Crippen molar-refractivity contribution in [3.63, 3.8) is 0 Å². The Morgan fingerprint density at radius 1 is 1.43 bits per heavy atom. The first kappa shape index (κ1) is 16.0. The molecule has 0 saturated heterocycles. The molecule has 0 spiro atoms. The third-order valence-electron chi connectivity index (χ3n) is 3.89. The van der Waals surface area contributed by atoms with Gasteiger partial charge in [0.15, 0.2) is 0 Å². The zero-order valence-electron chi connectivity index (χ0n) is 13.9. The molecule has 116 valence electrons. The third-order valence-corrected chi connectivity index (χ3v) is 3.89. The van der Waals surface area contributed by atoms with Crippen molar-refractivity contribution in [3.8, 4) is 0 Å². The van der Waals surface area contributed by atoms with Crippen molar-refractivity contribution in [1.29, 1.82) is 0 Å². The number of hydrogen-bond acceptors (Lipinski definition) is 3. The number of hydrogen-bond donors (Lipinski definition) is 1. The summed E-state index contributed by atoms with van der Waals surface area (Å²) in [5.74, 6) is 1.83. The number of pyridine rings is 1. The van der Waals surface area contributed by atoms with Crippen molar-refractivity contribution < 1.29 is 0 Å². The normalized spacial score (nSPS) is 14.5. The Morgan fingerprint density at radius 2 is 2.14 bits per heavy atom. The Hall–Kier alpha value is -1.35. The van der Waals surface area contributed by atoms with Gasteiger partial charge < -0.3 is 10.2 Å². The summed E-state index contributed by atoms with van der Waals surface area (Å²) in [5, 5.41) is 3.57. The molecule has 0 atom stereocenters. The fourth-order valence-corrected chi connectivity index (χ4v) is 2.72. The van der Waals surface area contributed by atoms with Crippen LogP contribution in [0.4, 0.5) is 5.82 Å². The van der Waals surface area contributed by atoms with E-state index in [0.29, 0.717) is 12.0 Å². The molecule has 0 unspecified atom stereocenters. The number of rotatable bonds is 8. The fraction of sp³-hybridized carbons (Fsp3) is 0.611. The average molecular weight is 287 g/mol. The van der Waals surface area contributed by atoms with Crippen LogP contribution in [-0.2, 0) is 6.54 Å². The molecule has 1 heterocycles. The van der Waals surface area contributed by atoms with Gasteiger partial charge in [-0.1, -0.05) is 19.9 Å². The van der Waals surface area contributed by atoms with Crippen LogP contribution in [0, 0.1) is 19.8 Å². The van der Waals surface area contributed by atoms with Gasteiger partial charge in [-0.3, -0.25) is 0 Å². The highest BCUT2D eigenvalue weighted by Gasteiger charge is 2.31. The summed E-state index contributed by atoms with van der Waals surface area (Å²) in [7, 11) is 0. The highest BCUT2D eigenvalue weighted by Crippen LogP contribution is 2.33. The van der Waals surface area contributed by atoms with Crippen LogP contribution in [0.3, 0.4) is 0 Å². The van der Waals surface area contributed by atoms with Crippen LogP contribution in [0.1, 0.15) is 43.5 Å². The molecule has 1 aromatic rings. The maximum absolute atomic E-state index is 4.85. The smallest absolute Gasteiger partial charge is 0.134 e. The number of anilines is 1. The predicted molar refractivity (Wildman–Crippen MR) is 90.8 cm³/mol. The Bertz CT molecular complexity index is 489. The maximum atomic E-state index is 4.85. The Labute approximate surface area is 129 Å². The van der Waals surface area contributed by atoms with E-state index in [-0.39, 0.29) is 0 Å². The molecule has 3 nitrogen and oxygen atoms in total. The standard InChI is InChI=1S/C18H29N3/c1-6-9-21(16-7-8-16)18-17(12-19-11-13(2)3)14(4)10-15(5)20-18/h6,10,13,16,19H,1,7-9,11-12H2,2-5H3. The molecule has 1 aromatic heterocycles. The van der Waals surface area contributed by atoms with E-state index in [4.69, 9.17) is 4.98 Å². The van der Waals surface area contributed by atoms with Gasteiger partial charge in [-0.2, -0.15) is 0 Å². The van der Waals surface area contributed by atoms with E-state index in [9.17, 15) is 0 Å². The molecule has 2 rings (SSSR count). The van der Waals surface area contributed by atoms with Crippen LogP contribution in [-0.4, -0.2) is 24.1 Å². The summed E-state index contributed by atoms with van der Waals surface area (Å²) >= 11 is 0. The van der Waals surface area contributed by atoms with Crippen LogP contribution in [0.25, 0.3) is 0 Å². The Kier molecular flexibility index (Phi) is 5.40. The molecular weight excluding hydrogens is 258 g/mol. The number of aromatic nitrogens is 1. The molecule has 0 aromatic carbocycles. The van der Waals surface area contributed by atoms with Gasteiger partial charge in [0, 0.05) is 30.4 Å². The van der Waals surface area contributed by atoms with E-state index in [2.05, 4.69) is 50.6 Å². The second-order valence-electron chi connectivity index (χ2n) is 6.58. The van der Waals surface area contributed by atoms with Crippen LogP contribution in [0.2, 0.25) is 0 Å². The lowest BCUT2D eigenvalue weighted by molar-refractivity contribution is 0.550. The number of aryl methyl sites for hydroxylation is 2. The Balaban J connectivity index is 2.25. The van der Waals surface area contributed by atoms with E-state index < -0.39 is 0 Å². The van der Waals surface area contributed by atoms with Crippen molar-refractivity contribution in [2.45, 2.75) is 53.1 Å². The summed E-state index contributed by atoms with van der Waals surface area (Å²) in [4.78, 5) is 7.28. The van der Waals surface area contributed by atoms with E-state index >= 15 is 0 Å². The molecular formula is C18H29N3. The van der Waals surface area contributed by atoms with E-state index in [0.717, 1.165) is 31.1 Å². The lowest BCUT2D eigenvalue weighted by Gasteiger charge is -2.26. The highest BCUT2D eigenvalue weighted by atomic mass is 15.2. The molecule has 1 fully saturated rings. The van der Waals surface area contributed by atoms with Gasteiger partial charge in [0.05, 0.1) is 0 Å². The molecule has 0 radical (unpaired) electrons. The molecule has 3 heteroatoms. The van der Waals surface area contributed by atoms with Crippen LogP contribution >= 0.6 is 0 Å². The second-order valence-corrected chi connectivity index (χ2v) is 6.58. The average Bonchev–Trinajstić information content (AvgIpc) is 3.22. The first-order valence-corrected chi connectivity index (χ1v) is 8.08. The van der Waals surface area contributed by atoms with Gasteiger partial charge in [0.25, 0.3) is 0 Å². The number of nitrogens with one attached hydrogen (secondary N) is 1. The van der Waals surface area contributed by atoms with Crippen molar-refractivity contribution in [1.82, 2.24) is 10.3 Å². The van der Waals surface area contributed by atoms with E-state index in [1.807, 2.05) is 6.08 Å². The van der Waals surface area contributed by atoms with Crippen molar-refractivity contribution in [2.24, 2.45) is 5.92 Å².